The summed E-state index contributed by atoms with van der Waals surface area (Å²) >= 11 is 1.62. The van der Waals surface area contributed by atoms with Gasteiger partial charge in [-0.05, 0) is 31.6 Å². The second-order valence-electron chi connectivity index (χ2n) is 4.22. The minimum absolute atomic E-state index is 0.468. The molecule has 0 amide bonds. The van der Waals surface area contributed by atoms with E-state index in [9.17, 15) is 0 Å². The fourth-order valence-electron chi connectivity index (χ4n) is 1.64. The van der Waals surface area contributed by atoms with Gasteiger partial charge in [0, 0.05) is 20.3 Å². The van der Waals surface area contributed by atoms with Crippen molar-refractivity contribution in [3.05, 3.63) is 5.01 Å². The molecule has 0 saturated heterocycles. The second kappa shape index (κ2) is 4.45. The first-order chi connectivity index (χ1) is 7.24. The third-order valence-corrected chi connectivity index (χ3v) is 3.73. The average Bonchev–Trinajstić information content (AvgIpc) is 2.89. The Balaban J connectivity index is 1.78. The van der Waals surface area contributed by atoms with Gasteiger partial charge < -0.3 is 10.1 Å². The minimum atomic E-state index is 0.468. The maximum atomic E-state index is 5.12. The van der Waals surface area contributed by atoms with E-state index in [4.69, 9.17) is 4.74 Å². The highest BCUT2D eigenvalue weighted by molar-refractivity contribution is 7.15. The number of rotatable bonds is 6. The summed E-state index contributed by atoms with van der Waals surface area (Å²) in [6.07, 6.45) is 3.76. The highest BCUT2D eigenvalue weighted by Gasteiger charge is 2.41. The maximum absolute atomic E-state index is 5.12. The molecule has 1 aromatic rings. The van der Waals surface area contributed by atoms with E-state index in [2.05, 4.69) is 15.5 Å². The summed E-state index contributed by atoms with van der Waals surface area (Å²) in [5, 5.41) is 13.4. The van der Waals surface area contributed by atoms with Crippen molar-refractivity contribution in [3.8, 4) is 0 Å². The van der Waals surface area contributed by atoms with Crippen LogP contribution in [0, 0.1) is 12.3 Å². The van der Waals surface area contributed by atoms with Crippen LogP contribution >= 0.6 is 11.3 Å². The number of aromatic nitrogens is 2. The first kappa shape index (κ1) is 10.8. The third kappa shape index (κ3) is 2.89. The SMILES string of the molecule is COCCC1(CNc2nnc(C)s2)CC1. The lowest BCUT2D eigenvalue weighted by Crippen LogP contribution is -2.17. The lowest BCUT2D eigenvalue weighted by atomic mass is 10.0. The molecule has 1 fully saturated rings. The molecular formula is C10H17N3OS. The summed E-state index contributed by atoms with van der Waals surface area (Å²) in [4.78, 5) is 0. The molecule has 0 aliphatic heterocycles. The predicted molar refractivity (Wildman–Crippen MR) is 61.3 cm³/mol. The van der Waals surface area contributed by atoms with Gasteiger partial charge >= 0.3 is 0 Å². The zero-order valence-corrected chi connectivity index (χ0v) is 10.1. The number of aryl methyl sites for hydroxylation is 1. The van der Waals surface area contributed by atoms with Crippen LogP contribution in [-0.2, 0) is 4.74 Å². The number of methoxy groups -OCH3 is 1. The molecule has 0 radical (unpaired) electrons. The lowest BCUT2D eigenvalue weighted by molar-refractivity contribution is 0.175. The Kier molecular flexibility index (Phi) is 3.21. The molecule has 1 aliphatic rings. The Hall–Kier alpha value is -0.680. The first-order valence-corrected chi connectivity index (χ1v) is 6.09. The monoisotopic (exact) mass is 227 g/mol. The molecule has 0 unspecified atom stereocenters. The molecule has 1 saturated carbocycles. The number of hydrogen-bond acceptors (Lipinski definition) is 5. The molecule has 4 nitrogen and oxygen atoms in total. The molecule has 2 rings (SSSR count). The smallest absolute Gasteiger partial charge is 0.205 e. The molecule has 1 heterocycles. The fraction of sp³-hybridized carbons (Fsp3) is 0.800. The van der Waals surface area contributed by atoms with Gasteiger partial charge in [-0.25, -0.2) is 0 Å². The van der Waals surface area contributed by atoms with E-state index in [0.717, 1.165) is 29.7 Å². The number of nitrogens with zero attached hydrogens (tertiary/aromatic N) is 2. The van der Waals surface area contributed by atoms with Crippen LogP contribution in [0.3, 0.4) is 0 Å². The molecule has 84 valence electrons. The summed E-state index contributed by atoms with van der Waals surface area (Å²) < 4.78 is 5.12. The Morgan fingerprint density at radius 2 is 2.27 bits per heavy atom. The van der Waals surface area contributed by atoms with Crippen LogP contribution in [0.15, 0.2) is 0 Å². The van der Waals surface area contributed by atoms with Gasteiger partial charge in [0.1, 0.15) is 5.01 Å². The quantitative estimate of drug-likeness (QED) is 0.808. The molecule has 0 spiro atoms. The van der Waals surface area contributed by atoms with Gasteiger partial charge in [0.15, 0.2) is 0 Å². The summed E-state index contributed by atoms with van der Waals surface area (Å²) in [5.74, 6) is 0. The Morgan fingerprint density at radius 3 is 2.80 bits per heavy atom. The van der Waals surface area contributed by atoms with Crippen molar-refractivity contribution in [3.63, 3.8) is 0 Å². The van der Waals surface area contributed by atoms with Crippen molar-refractivity contribution >= 4 is 16.5 Å². The van der Waals surface area contributed by atoms with E-state index in [0.29, 0.717) is 5.41 Å². The predicted octanol–water partition coefficient (Wildman–Crippen LogP) is 2.08. The molecular weight excluding hydrogens is 210 g/mol. The molecule has 0 bridgehead atoms. The maximum Gasteiger partial charge on any atom is 0.205 e. The summed E-state index contributed by atoms with van der Waals surface area (Å²) in [7, 11) is 1.76. The average molecular weight is 227 g/mol. The molecule has 1 N–H and O–H groups in total. The molecule has 0 aromatic carbocycles. The number of ether oxygens (including phenoxy) is 1. The van der Waals surface area contributed by atoms with Crippen molar-refractivity contribution in [2.75, 3.05) is 25.6 Å². The van der Waals surface area contributed by atoms with Gasteiger partial charge in [-0.3, -0.25) is 0 Å². The highest BCUT2D eigenvalue weighted by Crippen LogP contribution is 2.48. The van der Waals surface area contributed by atoms with Crippen LogP contribution < -0.4 is 5.32 Å². The summed E-state index contributed by atoms with van der Waals surface area (Å²) in [6, 6.07) is 0. The lowest BCUT2D eigenvalue weighted by Gasteiger charge is -2.14. The van der Waals surface area contributed by atoms with Crippen LogP contribution in [0.5, 0.6) is 0 Å². The zero-order valence-electron chi connectivity index (χ0n) is 9.25. The standard InChI is InChI=1S/C10H17N3OS/c1-8-12-13-9(15-8)11-7-10(3-4-10)5-6-14-2/h3-7H2,1-2H3,(H,11,13). The minimum Gasteiger partial charge on any atom is -0.385 e. The molecule has 0 atom stereocenters. The van der Waals surface area contributed by atoms with Crippen molar-refractivity contribution in [1.29, 1.82) is 0 Å². The first-order valence-electron chi connectivity index (χ1n) is 5.27. The summed E-state index contributed by atoms with van der Waals surface area (Å²) in [6.45, 7) is 3.84. The number of hydrogen-bond donors (Lipinski definition) is 1. The molecule has 15 heavy (non-hydrogen) atoms. The van der Waals surface area contributed by atoms with Gasteiger partial charge in [0.05, 0.1) is 0 Å². The fourth-order valence-corrected chi connectivity index (χ4v) is 2.23. The van der Waals surface area contributed by atoms with E-state index < -0.39 is 0 Å². The summed E-state index contributed by atoms with van der Waals surface area (Å²) in [5.41, 5.74) is 0.468. The van der Waals surface area contributed by atoms with Crippen LogP contribution in [0.2, 0.25) is 0 Å². The largest absolute Gasteiger partial charge is 0.385 e. The van der Waals surface area contributed by atoms with Crippen LogP contribution in [0.1, 0.15) is 24.3 Å². The van der Waals surface area contributed by atoms with E-state index in [1.807, 2.05) is 6.92 Å². The van der Waals surface area contributed by atoms with E-state index in [1.54, 1.807) is 18.4 Å². The van der Waals surface area contributed by atoms with Gasteiger partial charge in [-0.15, -0.1) is 10.2 Å². The van der Waals surface area contributed by atoms with Crippen LogP contribution in [0.25, 0.3) is 0 Å². The van der Waals surface area contributed by atoms with Crippen molar-refractivity contribution < 1.29 is 4.74 Å². The third-order valence-electron chi connectivity index (χ3n) is 2.93. The Labute approximate surface area is 94.1 Å². The number of anilines is 1. The van der Waals surface area contributed by atoms with Crippen molar-refractivity contribution in [1.82, 2.24) is 10.2 Å². The zero-order chi connectivity index (χ0) is 10.7. The van der Waals surface area contributed by atoms with Crippen LogP contribution in [-0.4, -0.2) is 30.5 Å². The van der Waals surface area contributed by atoms with E-state index in [-0.39, 0.29) is 0 Å². The normalized spacial score (nSPS) is 17.7. The molecule has 1 aliphatic carbocycles. The Bertz CT molecular complexity index is 322. The van der Waals surface area contributed by atoms with Crippen molar-refractivity contribution in [2.24, 2.45) is 5.41 Å². The number of nitrogens with one attached hydrogen (secondary N) is 1. The van der Waals surface area contributed by atoms with E-state index in [1.165, 1.54) is 12.8 Å². The van der Waals surface area contributed by atoms with Crippen molar-refractivity contribution in [2.45, 2.75) is 26.2 Å². The molecule has 1 aromatic heterocycles. The van der Waals surface area contributed by atoms with Gasteiger partial charge in [0.2, 0.25) is 5.13 Å². The molecule has 5 heteroatoms. The van der Waals surface area contributed by atoms with Crippen LogP contribution in [0.4, 0.5) is 5.13 Å². The second-order valence-corrected chi connectivity index (χ2v) is 5.40. The highest BCUT2D eigenvalue weighted by atomic mass is 32.1. The van der Waals surface area contributed by atoms with Gasteiger partial charge in [-0.2, -0.15) is 0 Å². The Morgan fingerprint density at radius 1 is 1.47 bits per heavy atom. The van der Waals surface area contributed by atoms with Gasteiger partial charge in [0.25, 0.3) is 0 Å². The topological polar surface area (TPSA) is 47.0 Å². The van der Waals surface area contributed by atoms with E-state index >= 15 is 0 Å². The van der Waals surface area contributed by atoms with Gasteiger partial charge in [-0.1, -0.05) is 11.3 Å².